The van der Waals surface area contributed by atoms with E-state index < -0.39 is 0 Å². The fourth-order valence-electron chi connectivity index (χ4n) is 3.41. The van der Waals surface area contributed by atoms with Crippen LogP contribution in [0.5, 0.6) is 0 Å². The first-order chi connectivity index (χ1) is 13.1. The van der Waals surface area contributed by atoms with Gasteiger partial charge in [-0.2, -0.15) is 0 Å². The molecule has 3 aromatic rings. The molecule has 0 amide bonds. The molecule has 6 heteroatoms. The van der Waals surface area contributed by atoms with Gasteiger partial charge in [0, 0.05) is 49.6 Å². The number of hydrogen-bond acceptors (Lipinski definition) is 2. The van der Waals surface area contributed by atoms with Crippen molar-refractivity contribution in [3.8, 4) is 0 Å². The smallest absolute Gasteiger partial charge is 0.191 e. The van der Waals surface area contributed by atoms with Gasteiger partial charge >= 0.3 is 0 Å². The van der Waals surface area contributed by atoms with Crippen LogP contribution >= 0.6 is 0 Å². The second-order valence-electron chi connectivity index (χ2n) is 7.30. The molecule has 0 saturated heterocycles. The minimum atomic E-state index is 0.593. The summed E-state index contributed by atoms with van der Waals surface area (Å²) in [6.07, 6.45) is 6.94. The molecule has 0 bridgehead atoms. The Bertz CT molecular complexity index is 902. The van der Waals surface area contributed by atoms with Crippen molar-refractivity contribution in [2.45, 2.75) is 40.3 Å². The SMILES string of the molecule is CN=C(NCCc1c[nH]c2cccc(C)c12)NCc1nccn1CC(C)C. The summed E-state index contributed by atoms with van der Waals surface area (Å²) in [5.41, 5.74) is 3.84. The van der Waals surface area contributed by atoms with E-state index in [2.05, 4.69) is 75.3 Å². The van der Waals surface area contributed by atoms with Gasteiger partial charge in [-0.1, -0.05) is 26.0 Å². The zero-order valence-electron chi connectivity index (χ0n) is 16.7. The van der Waals surface area contributed by atoms with Gasteiger partial charge in [-0.3, -0.25) is 4.99 Å². The zero-order chi connectivity index (χ0) is 19.2. The standard InChI is InChI=1S/C21H30N6/c1-15(2)14-27-11-10-23-19(27)13-26-21(22-4)24-9-8-17-12-25-18-7-5-6-16(3)20(17)18/h5-7,10-12,15,25H,8-9,13-14H2,1-4H3,(H2,22,24,26). The van der Waals surface area contributed by atoms with Gasteiger partial charge in [0.2, 0.25) is 0 Å². The first-order valence-electron chi connectivity index (χ1n) is 9.58. The highest BCUT2D eigenvalue weighted by Crippen LogP contribution is 2.22. The average Bonchev–Trinajstić information content (AvgIpc) is 3.25. The van der Waals surface area contributed by atoms with E-state index in [4.69, 9.17) is 0 Å². The van der Waals surface area contributed by atoms with Crippen LogP contribution in [0.2, 0.25) is 0 Å². The lowest BCUT2D eigenvalue weighted by Crippen LogP contribution is -2.38. The summed E-state index contributed by atoms with van der Waals surface area (Å²) in [5.74, 6) is 2.42. The van der Waals surface area contributed by atoms with Crippen LogP contribution in [-0.4, -0.2) is 34.1 Å². The van der Waals surface area contributed by atoms with E-state index in [-0.39, 0.29) is 0 Å². The summed E-state index contributed by atoms with van der Waals surface area (Å²) in [5, 5.41) is 8.10. The molecule has 2 heterocycles. The van der Waals surface area contributed by atoms with Crippen LogP contribution in [0.4, 0.5) is 0 Å². The number of H-pyrrole nitrogens is 1. The first-order valence-corrected chi connectivity index (χ1v) is 9.58. The van der Waals surface area contributed by atoms with E-state index >= 15 is 0 Å². The molecule has 0 aliphatic rings. The Morgan fingerprint density at radius 1 is 1.30 bits per heavy atom. The zero-order valence-corrected chi connectivity index (χ0v) is 16.7. The number of aliphatic imine (C=N–C) groups is 1. The Morgan fingerprint density at radius 3 is 2.93 bits per heavy atom. The van der Waals surface area contributed by atoms with Crippen LogP contribution in [0.1, 0.15) is 30.8 Å². The Morgan fingerprint density at radius 2 is 2.15 bits per heavy atom. The number of nitrogens with one attached hydrogen (secondary N) is 3. The van der Waals surface area contributed by atoms with Crippen molar-refractivity contribution in [1.82, 2.24) is 25.2 Å². The van der Waals surface area contributed by atoms with Crippen LogP contribution in [-0.2, 0) is 19.5 Å². The summed E-state index contributed by atoms with van der Waals surface area (Å²) >= 11 is 0. The number of guanidine groups is 1. The fraction of sp³-hybridized carbons (Fsp3) is 0.429. The molecule has 0 radical (unpaired) electrons. The third kappa shape index (κ3) is 4.70. The molecule has 1 aromatic carbocycles. The topological polar surface area (TPSA) is 70.0 Å². The van der Waals surface area contributed by atoms with Crippen LogP contribution in [0.3, 0.4) is 0 Å². The van der Waals surface area contributed by atoms with Gasteiger partial charge in [-0.15, -0.1) is 0 Å². The van der Waals surface area contributed by atoms with Crippen molar-refractivity contribution in [3.05, 3.63) is 53.7 Å². The van der Waals surface area contributed by atoms with Gasteiger partial charge < -0.3 is 20.2 Å². The van der Waals surface area contributed by atoms with Crippen LogP contribution in [0.15, 0.2) is 41.8 Å². The average molecular weight is 367 g/mol. The van der Waals surface area contributed by atoms with Crippen molar-refractivity contribution in [1.29, 1.82) is 0 Å². The molecule has 0 fully saturated rings. The van der Waals surface area contributed by atoms with Crippen molar-refractivity contribution in [2.24, 2.45) is 10.9 Å². The monoisotopic (exact) mass is 366 g/mol. The number of imidazole rings is 1. The lowest BCUT2D eigenvalue weighted by Gasteiger charge is -2.14. The number of nitrogens with zero attached hydrogens (tertiary/aromatic N) is 3. The van der Waals surface area contributed by atoms with Gasteiger partial charge in [-0.05, 0) is 36.5 Å². The highest BCUT2D eigenvalue weighted by atomic mass is 15.2. The molecular formula is C21H30N6. The summed E-state index contributed by atoms with van der Waals surface area (Å²) < 4.78 is 2.19. The maximum Gasteiger partial charge on any atom is 0.191 e. The van der Waals surface area contributed by atoms with E-state index in [0.717, 1.165) is 31.3 Å². The molecule has 6 nitrogen and oxygen atoms in total. The third-order valence-electron chi connectivity index (χ3n) is 4.68. The molecule has 0 spiro atoms. The van der Waals surface area contributed by atoms with Gasteiger partial charge in [0.25, 0.3) is 0 Å². The van der Waals surface area contributed by atoms with Crippen molar-refractivity contribution in [3.63, 3.8) is 0 Å². The molecule has 144 valence electrons. The van der Waals surface area contributed by atoms with Gasteiger partial charge in [0.1, 0.15) is 5.82 Å². The molecule has 3 rings (SSSR count). The van der Waals surface area contributed by atoms with E-state index in [9.17, 15) is 0 Å². The predicted molar refractivity (Wildman–Crippen MR) is 112 cm³/mol. The Balaban J connectivity index is 1.53. The van der Waals surface area contributed by atoms with Crippen LogP contribution in [0, 0.1) is 12.8 Å². The minimum absolute atomic E-state index is 0.593. The summed E-state index contributed by atoms with van der Waals surface area (Å²) in [6, 6.07) is 6.37. The van der Waals surface area contributed by atoms with E-state index in [1.165, 1.54) is 22.0 Å². The molecule has 0 aliphatic carbocycles. The number of rotatable bonds is 7. The van der Waals surface area contributed by atoms with Gasteiger partial charge in [0.05, 0.1) is 6.54 Å². The lowest BCUT2D eigenvalue weighted by atomic mass is 10.1. The van der Waals surface area contributed by atoms with Crippen molar-refractivity contribution in [2.75, 3.05) is 13.6 Å². The quantitative estimate of drug-likeness (QED) is 0.444. The fourth-order valence-corrected chi connectivity index (χ4v) is 3.41. The number of aryl methyl sites for hydroxylation is 1. The Kier molecular flexibility index (Phi) is 6.16. The summed E-state index contributed by atoms with van der Waals surface area (Å²) in [7, 11) is 1.80. The Hall–Kier alpha value is -2.76. The molecule has 0 aliphatic heterocycles. The molecule has 0 unspecified atom stereocenters. The van der Waals surface area contributed by atoms with Crippen LogP contribution in [0.25, 0.3) is 10.9 Å². The highest BCUT2D eigenvalue weighted by Gasteiger charge is 2.08. The minimum Gasteiger partial charge on any atom is -0.361 e. The predicted octanol–water partition coefficient (Wildman–Crippen LogP) is 3.24. The van der Waals surface area contributed by atoms with E-state index in [1.807, 2.05) is 12.4 Å². The molecule has 2 aromatic heterocycles. The number of hydrogen-bond donors (Lipinski definition) is 3. The highest BCUT2D eigenvalue weighted by molar-refractivity contribution is 5.86. The molecule has 27 heavy (non-hydrogen) atoms. The van der Waals surface area contributed by atoms with Gasteiger partial charge in [-0.25, -0.2) is 4.98 Å². The largest absolute Gasteiger partial charge is 0.361 e. The Labute approximate surface area is 161 Å². The third-order valence-corrected chi connectivity index (χ3v) is 4.68. The lowest BCUT2D eigenvalue weighted by molar-refractivity contribution is 0.503. The maximum absolute atomic E-state index is 4.45. The normalized spacial score (nSPS) is 12.1. The van der Waals surface area contributed by atoms with Crippen molar-refractivity contribution < 1.29 is 0 Å². The summed E-state index contributed by atoms with van der Waals surface area (Å²) in [6.45, 7) is 9.04. The van der Waals surface area contributed by atoms with Crippen LogP contribution < -0.4 is 10.6 Å². The molecular weight excluding hydrogens is 336 g/mol. The number of fused-ring (bicyclic) bond motifs is 1. The summed E-state index contributed by atoms with van der Waals surface area (Å²) in [4.78, 5) is 12.1. The number of aromatic amines is 1. The molecule has 0 atom stereocenters. The van der Waals surface area contributed by atoms with Gasteiger partial charge in [0.15, 0.2) is 5.96 Å². The number of aromatic nitrogens is 3. The number of benzene rings is 1. The second kappa shape index (κ2) is 8.75. The van der Waals surface area contributed by atoms with E-state index in [1.54, 1.807) is 7.05 Å². The molecule has 0 saturated carbocycles. The molecule has 3 N–H and O–H groups in total. The van der Waals surface area contributed by atoms with Crippen molar-refractivity contribution >= 4 is 16.9 Å². The van der Waals surface area contributed by atoms with E-state index in [0.29, 0.717) is 12.5 Å². The first kappa shape index (κ1) is 19.0. The second-order valence-corrected chi connectivity index (χ2v) is 7.30. The maximum atomic E-state index is 4.45.